The predicted molar refractivity (Wildman–Crippen MR) is 74.6 cm³/mol. The van der Waals surface area contributed by atoms with Crippen molar-refractivity contribution in [1.29, 1.82) is 0 Å². The van der Waals surface area contributed by atoms with E-state index >= 15 is 0 Å². The maximum atomic E-state index is 11.8. The maximum Gasteiger partial charge on any atom is 0.341 e. The van der Waals surface area contributed by atoms with Crippen molar-refractivity contribution < 1.29 is 24.2 Å². The maximum absolute atomic E-state index is 11.8. The monoisotopic (exact) mass is 278 g/mol. The minimum Gasteiger partial charge on any atom is -0.504 e. The molecule has 1 aromatic carbocycles. The van der Waals surface area contributed by atoms with Crippen molar-refractivity contribution in [2.24, 2.45) is 0 Å². The highest BCUT2D eigenvalue weighted by atomic mass is 16.5. The van der Waals surface area contributed by atoms with E-state index in [2.05, 4.69) is 0 Å². The highest BCUT2D eigenvalue weighted by Gasteiger charge is 2.16. The van der Waals surface area contributed by atoms with E-state index in [1.807, 2.05) is 6.92 Å². The Hall–Kier alpha value is -2.30. The number of methoxy groups -OCH3 is 1. The summed E-state index contributed by atoms with van der Waals surface area (Å²) in [5.74, 6) is -0.768. The van der Waals surface area contributed by atoms with E-state index in [4.69, 9.17) is 9.47 Å². The largest absolute Gasteiger partial charge is 0.504 e. The topological polar surface area (TPSA) is 72.8 Å². The second-order valence-corrected chi connectivity index (χ2v) is 4.18. The third-order valence-electron chi connectivity index (χ3n) is 2.55. The summed E-state index contributed by atoms with van der Waals surface area (Å²) in [5.41, 5.74) is 0.532. The first-order valence-electron chi connectivity index (χ1n) is 6.26. The first-order chi connectivity index (χ1) is 9.49. The highest BCUT2D eigenvalue weighted by Crippen LogP contribution is 2.27. The van der Waals surface area contributed by atoms with Gasteiger partial charge in [0.15, 0.2) is 17.3 Å². The summed E-state index contributed by atoms with van der Waals surface area (Å²) < 4.78 is 9.93. The molecule has 0 unspecified atom stereocenters. The molecule has 1 rings (SSSR count). The number of phenols is 1. The van der Waals surface area contributed by atoms with E-state index in [1.54, 1.807) is 6.07 Å². The zero-order chi connectivity index (χ0) is 15.1. The molecular formula is C15H18O5. The van der Waals surface area contributed by atoms with Gasteiger partial charge in [0, 0.05) is 0 Å². The van der Waals surface area contributed by atoms with Crippen LogP contribution in [0.4, 0.5) is 0 Å². The van der Waals surface area contributed by atoms with Crippen LogP contribution < -0.4 is 4.74 Å². The second-order valence-electron chi connectivity index (χ2n) is 4.18. The Morgan fingerprint density at radius 3 is 2.60 bits per heavy atom. The third kappa shape index (κ3) is 4.12. The van der Waals surface area contributed by atoms with E-state index in [0.29, 0.717) is 12.0 Å². The molecule has 0 saturated carbocycles. The lowest BCUT2D eigenvalue weighted by atomic mass is 10.1. The minimum absolute atomic E-state index is 0.0115. The SMILES string of the molecule is CCCOC(=O)C(=Cc1ccc(O)c(OC)c1)C(C)=O. The Kier molecular flexibility index (Phi) is 5.77. The lowest BCUT2D eigenvalue weighted by Crippen LogP contribution is -2.14. The van der Waals surface area contributed by atoms with E-state index in [1.165, 1.54) is 32.2 Å². The van der Waals surface area contributed by atoms with Crippen LogP contribution in [0.5, 0.6) is 11.5 Å². The van der Waals surface area contributed by atoms with Crippen LogP contribution >= 0.6 is 0 Å². The number of hydrogen-bond donors (Lipinski definition) is 1. The van der Waals surface area contributed by atoms with Gasteiger partial charge in [-0.1, -0.05) is 13.0 Å². The van der Waals surface area contributed by atoms with Gasteiger partial charge in [-0.15, -0.1) is 0 Å². The molecule has 0 saturated heterocycles. The van der Waals surface area contributed by atoms with Crippen molar-refractivity contribution in [3.63, 3.8) is 0 Å². The van der Waals surface area contributed by atoms with Crippen molar-refractivity contribution in [2.45, 2.75) is 20.3 Å². The zero-order valence-corrected chi connectivity index (χ0v) is 11.8. The van der Waals surface area contributed by atoms with Gasteiger partial charge in [0.2, 0.25) is 0 Å². The molecule has 20 heavy (non-hydrogen) atoms. The van der Waals surface area contributed by atoms with E-state index in [9.17, 15) is 14.7 Å². The Labute approximate surface area is 117 Å². The Morgan fingerprint density at radius 1 is 1.35 bits per heavy atom. The summed E-state index contributed by atoms with van der Waals surface area (Å²) in [5, 5.41) is 9.50. The van der Waals surface area contributed by atoms with Crippen LogP contribution in [-0.4, -0.2) is 30.6 Å². The summed E-state index contributed by atoms with van der Waals surface area (Å²) in [7, 11) is 1.42. The third-order valence-corrected chi connectivity index (χ3v) is 2.55. The smallest absolute Gasteiger partial charge is 0.341 e. The molecule has 0 atom stereocenters. The second kappa shape index (κ2) is 7.33. The molecule has 0 spiro atoms. The number of phenolic OH excluding ortho intramolecular Hbond substituents is 1. The quantitative estimate of drug-likeness (QED) is 0.374. The van der Waals surface area contributed by atoms with Crippen molar-refractivity contribution in [3.05, 3.63) is 29.3 Å². The van der Waals surface area contributed by atoms with Crippen LogP contribution in [0.3, 0.4) is 0 Å². The number of Topliss-reactive ketones (excluding diaryl/α,β-unsaturated/α-hetero) is 1. The fraction of sp³-hybridized carbons (Fsp3) is 0.333. The number of carbonyl (C=O) groups excluding carboxylic acids is 2. The van der Waals surface area contributed by atoms with E-state index < -0.39 is 5.97 Å². The van der Waals surface area contributed by atoms with E-state index in [0.717, 1.165) is 0 Å². The zero-order valence-electron chi connectivity index (χ0n) is 11.8. The minimum atomic E-state index is -0.647. The molecule has 0 heterocycles. The number of hydrogen-bond acceptors (Lipinski definition) is 5. The summed E-state index contributed by atoms with van der Waals surface area (Å²) >= 11 is 0. The van der Waals surface area contributed by atoms with Gasteiger partial charge < -0.3 is 14.6 Å². The summed E-state index contributed by atoms with van der Waals surface area (Å²) in [4.78, 5) is 23.3. The fourth-order valence-electron chi connectivity index (χ4n) is 1.53. The van der Waals surface area contributed by atoms with Gasteiger partial charge in [-0.2, -0.15) is 0 Å². The number of aromatic hydroxyl groups is 1. The average Bonchev–Trinajstić information content (AvgIpc) is 2.43. The standard InChI is InChI=1S/C15H18O5/c1-4-7-20-15(18)12(10(2)16)8-11-5-6-13(17)14(9-11)19-3/h5-6,8-9,17H,4,7H2,1-3H3. The number of rotatable bonds is 6. The number of benzene rings is 1. The van der Waals surface area contributed by atoms with Gasteiger partial charge in [-0.05, 0) is 37.1 Å². The first kappa shape index (κ1) is 15.8. The molecule has 0 bridgehead atoms. The van der Waals surface area contributed by atoms with Crippen LogP contribution in [0.2, 0.25) is 0 Å². The molecule has 108 valence electrons. The molecule has 1 aromatic rings. The van der Waals surface area contributed by atoms with Crippen molar-refractivity contribution in [3.8, 4) is 11.5 Å². The summed E-state index contributed by atoms with van der Waals surface area (Å²) in [6, 6.07) is 4.54. The Morgan fingerprint density at radius 2 is 2.05 bits per heavy atom. The van der Waals surface area contributed by atoms with Crippen molar-refractivity contribution >= 4 is 17.8 Å². The highest BCUT2D eigenvalue weighted by molar-refractivity contribution is 6.19. The number of ketones is 1. The molecule has 0 aromatic heterocycles. The van der Waals surface area contributed by atoms with Crippen molar-refractivity contribution in [1.82, 2.24) is 0 Å². The number of carbonyl (C=O) groups is 2. The molecule has 0 aliphatic heterocycles. The lowest BCUT2D eigenvalue weighted by molar-refractivity contribution is -0.140. The van der Waals surface area contributed by atoms with Crippen LogP contribution in [-0.2, 0) is 14.3 Å². The molecular weight excluding hydrogens is 260 g/mol. The molecule has 0 aliphatic rings. The van der Waals surface area contributed by atoms with Gasteiger partial charge in [-0.3, -0.25) is 4.79 Å². The number of esters is 1. The van der Waals surface area contributed by atoms with Gasteiger partial charge in [0.1, 0.15) is 5.57 Å². The lowest BCUT2D eigenvalue weighted by Gasteiger charge is -2.07. The van der Waals surface area contributed by atoms with Crippen LogP contribution in [0, 0.1) is 0 Å². The Balaban J connectivity index is 3.08. The molecule has 0 aliphatic carbocycles. The van der Waals surface area contributed by atoms with Gasteiger partial charge in [0.25, 0.3) is 0 Å². The first-order valence-corrected chi connectivity index (χ1v) is 6.26. The molecule has 0 radical (unpaired) electrons. The van der Waals surface area contributed by atoms with Gasteiger partial charge in [-0.25, -0.2) is 4.79 Å². The number of ether oxygens (including phenoxy) is 2. The summed E-state index contributed by atoms with van der Waals surface area (Å²) in [6.45, 7) is 3.44. The average molecular weight is 278 g/mol. The fourth-order valence-corrected chi connectivity index (χ4v) is 1.53. The van der Waals surface area contributed by atoms with Crippen LogP contribution in [0.15, 0.2) is 23.8 Å². The molecule has 5 heteroatoms. The molecule has 0 amide bonds. The van der Waals surface area contributed by atoms with E-state index in [-0.39, 0.29) is 29.5 Å². The van der Waals surface area contributed by atoms with Crippen LogP contribution in [0.25, 0.3) is 6.08 Å². The van der Waals surface area contributed by atoms with Crippen LogP contribution in [0.1, 0.15) is 25.8 Å². The summed E-state index contributed by atoms with van der Waals surface area (Å²) in [6.07, 6.45) is 2.10. The van der Waals surface area contributed by atoms with Gasteiger partial charge >= 0.3 is 5.97 Å². The predicted octanol–water partition coefficient (Wildman–Crippen LogP) is 2.33. The van der Waals surface area contributed by atoms with Crippen molar-refractivity contribution in [2.75, 3.05) is 13.7 Å². The Bertz CT molecular complexity index is 531. The molecule has 5 nitrogen and oxygen atoms in total. The molecule has 1 N–H and O–H groups in total. The van der Waals surface area contributed by atoms with Gasteiger partial charge in [0.05, 0.1) is 13.7 Å². The normalized spacial score (nSPS) is 11.1. The molecule has 0 fully saturated rings.